The fraction of sp³-hybridized carbons (Fsp3) is 0.545. The van der Waals surface area contributed by atoms with Gasteiger partial charge in [0.1, 0.15) is 0 Å². The molecular weight excluding hydrogens is 212 g/mol. The molecular formula is C11H17ClN2O. The predicted molar refractivity (Wildman–Crippen MR) is 62.2 cm³/mol. The van der Waals surface area contributed by atoms with Crippen molar-refractivity contribution in [2.45, 2.75) is 39.3 Å². The molecule has 1 atom stereocenters. The van der Waals surface area contributed by atoms with Crippen molar-refractivity contribution in [3.8, 4) is 0 Å². The number of aliphatic hydroxyl groups is 1. The van der Waals surface area contributed by atoms with Crippen molar-refractivity contribution in [3.05, 3.63) is 29.1 Å². The average molecular weight is 229 g/mol. The Morgan fingerprint density at radius 2 is 2.33 bits per heavy atom. The van der Waals surface area contributed by atoms with Gasteiger partial charge >= 0.3 is 0 Å². The standard InChI is InChI=1S/C11H17ClN2O/c1-4-6-9(15)7-10-11(12)8(3)13-14(10)5-2/h4,9,15H,1,5-7H2,2-3H3. The molecule has 1 aromatic heterocycles. The molecule has 4 heteroatoms. The van der Waals surface area contributed by atoms with Gasteiger partial charge in [0.25, 0.3) is 0 Å². The Morgan fingerprint density at radius 1 is 1.67 bits per heavy atom. The van der Waals surface area contributed by atoms with Crippen molar-refractivity contribution in [2.24, 2.45) is 0 Å². The smallest absolute Gasteiger partial charge is 0.0848 e. The minimum Gasteiger partial charge on any atom is -0.392 e. The topological polar surface area (TPSA) is 38.1 Å². The Morgan fingerprint density at radius 3 is 2.87 bits per heavy atom. The summed E-state index contributed by atoms with van der Waals surface area (Å²) in [5.41, 5.74) is 1.73. The zero-order chi connectivity index (χ0) is 11.4. The molecule has 15 heavy (non-hydrogen) atoms. The molecule has 84 valence electrons. The maximum atomic E-state index is 9.69. The first kappa shape index (κ1) is 12.3. The van der Waals surface area contributed by atoms with Crippen LogP contribution in [0.15, 0.2) is 12.7 Å². The van der Waals surface area contributed by atoms with Crippen LogP contribution < -0.4 is 0 Å². The van der Waals surface area contributed by atoms with Crippen LogP contribution in [0.1, 0.15) is 24.7 Å². The highest BCUT2D eigenvalue weighted by Gasteiger charge is 2.15. The number of nitrogens with zero attached hydrogens (tertiary/aromatic N) is 2. The van der Waals surface area contributed by atoms with Gasteiger partial charge in [0.05, 0.1) is 22.5 Å². The van der Waals surface area contributed by atoms with E-state index < -0.39 is 6.10 Å². The fourth-order valence-corrected chi connectivity index (χ4v) is 1.78. The summed E-state index contributed by atoms with van der Waals surface area (Å²) in [5.74, 6) is 0. The van der Waals surface area contributed by atoms with Crippen molar-refractivity contribution < 1.29 is 5.11 Å². The van der Waals surface area contributed by atoms with Crippen molar-refractivity contribution in [3.63, 3.8) is 0 Å². The van der Waals surface area contributed by atoms with Crippen LogP contribution in [0.4, 0.5) is 0 Å². The minimum absolute atomic E-state index is 0.429. The van der Waals surface area contributed by atoms with Gasteiger partial charge < -0.3 is 5.11 Å². The van der Waals surface area contributed by atoms with E-state index in [9.17, 15) is 5.11 Å². The van der Waals surface area contributed by atoms with Crippen molar-refractivity contribution in [1.29, 1.82) is 0 Å². The molecule has 0 spiro atoms. The van der Waals surface area contributed by atoms with E-state index in [0.29, 0.717) is 17.9 Å². The van der Waals surface area contributed by atoms with Crippen LogP contribution in [0.25, 0.3) is 0 Å². The number of rotatable bonds is 5. The lowest BCUT2D eigenvalue weighted by Gasteiger charge is -2.09. The number of aliphatic hydroxyl groups excluding tert-OH is 1. The number of hydrogen-bond donors (Lipinski definition) is 1. The molecule has 0 amide bonds. The summed E-state index contributed by atoms with van der Waals surface area (Å²) in [4.78, 5) is 0. The molecule has 1 heterocycles. The summed E-state index contributed by atoms with van der Waals surface area (Å²) in [6, 6.07) is 0. The highest BCUT2D eigenvalue weighted by atomic mass is 35.5. The van der Waals surface area contributed by atoms with Crippen LogP contribution in [0.5, 0.6) is 0 Å². The van der Waals surface area contributed by atoms with Crippen molar-refractivity contribution >= 4 is 11.6 Å². The first-order valence-electron chi connectivity index (χ1n) is 5.10. The van der Waals surface area contributed by atoms with Gasteiger partial charge in [-0.1, -0.05) is 17.7 Å². The van der Waals surface area contributed by atoms with Gasteiger partial charge in [-0.25, -0.2) is 0 Å². The molecule has 0 bridgehead atoms. The molecule has 0 radical (unpaired) electrons. The molecule has 1 rings (SSSR count). The molecule has 1 aromatic rings. The summed E-state index contributed by atoms with van der Waals surface area (Å²) >= 11 is 6.12. The predicted octanol–water partition coefficient (Wildman–Crippen LogP) is 2.34. The van der Waals surface area contributed by atoms with E-state index in [2.05, 4.69) is 11.7 Å². The third-order valence-electron chi connectivity index (χ3n) is 2.32. The highest BCUT2D eigenvalue weighted by molar-refractivity contribution is 6.31. The zero-order valence-corrected chi connectivity index (χ0v) is 9.96. The Bertz CT molecular complexity index is 347. The maximum absolute atomic E-state index is 9.69. The summed E-state index contributed by atoms with van der Waals surface area (Å²) in [6.07, 6.45) is 2.38. The lowest BCUT2D eigenvalue weighted by molar-refractivity contribution is 0.175. The van der Waals surface area contributed by atoms with E-state index in [1.165, 1.54) is 0 Å². The van der Waals surface area contributed by atoms with E-state index >= 15 is 0 Å². The van der Waals surface area contributed by atoms with Gasteiger partial charge in [-0.2, -0.15) is 5.10 Å². The Hall–Kier alpha value is -0.800. The van der Waals surface area contributed by atoms with Gasteiger partial charge in [0.2, 0.25) is 0 Å². The van der Waals surface area contributed by atoms with Gasteiger partial charge in [0.15, 0.2) is 0 Å². The Kier molecular flexibility index (Phi) is 4.36. The number of hydrogen-bond acceptors (Lipinski definition) is 2. The summed E-state index contributed by atoms with van der Waals surface area (Å²) in [7, 11) is 0. The molecule has 1 N–H and O–H groups in total. The molecule has 0 aliphatic heterocycles. The second-order valence-electron chi connectivity index (χ2n) is 3.54. The van der Waals surface area contributed by atoms with Gasteiger partial charge in [0, 0.05) is 13.0 Å². The van der Waals surface area contributed by atoms with Gasteiger partial charge in [-0.05, 0) is 20.3 Å². The third-order valence-corrected chi connectivity index (χ3v) is 2.81. The second kappa shape index (κ2) is 5.33. The summed E-state index contributed by atoms with van der Waals surface area (Å²) < 4.78 is 1.84. The quantitative estimate of drug-likeness (QED) is 0.786. The van der Waals surface area contributed by atoms with Crippen LogP contribution in [-0.4, -0.2) is 21.0 Å². The zero-order valence-electron chi connectivity index (χ0n) is 9.20. The largest absolute Gasteiger partial charge is 0.392 e. The number of aryl methyl sites for hydroxylation is 2. The molecule has 3 nitrogen and oxygen atoms in total. The molecule has 0 fully saturated rings. The SMILES string of the molecule is C=CCC(O)Cc1c(Cl)c(C)nn1CC. The van der Waals surface area contributed by atoms with E-state index in [4.69, 9.17) is 11.6 Å². The molecule has 0 aromatic carbocycles. The number of halogens is 1. The van der Waals surface area contributed by atoms with Crippen LogP contribution in [0.3, 0.4) is 0 Å². The van der Waals surface area contributed by atoms with Crippen LogP contribution in [0.2, 0.25) is 5.02 Å². The lowest BCUT2D eigenvalue weighted by atomic mass is 10.1. The fourth-order valence-electron chi connectivity index (χ4n) is 1.56. The average Bonchev–Trinajstić information content (AvgIpc) is 2.46. The first-order chi connectivity index (χ1) is 7.10. The van der Waals surface area contributed by atoms with Gasteiger partial charge in [-0.15, -0.1) is 6.58 Å². The van der Waals surface area contributed by atoms with E-state index in [-0.39, 0.29) is 0 Å². The van der Waals surface area contributed by atoms with Crippen molar-refractivity contribution in [1.82, 2.24) is 9.78 Å². The van der Waals surface area contributed by atoms with E-state index in [1.807, 2.05) is 18.5 Å². The Labute approximate surface area is 95.4 Å². The second-order valence-corrected chi connectivity index (χ2v) is 3.92. The summed E-state index contributed by atoms with van der Waals surface area (Å²) in [5, 5.41) is 14.6. The normalized spacial score (nSPS) is 12.8. The highest BCUT2D eigenvalue weighted by Crippen LogP contribution is 2.22. The monoisotopic (exact) mass is 228 g/mol. The minimum atomic E-state index is -0.429. The molecule has 0 aliphatic carbocycles. The van der Waals surface area contributed by atoms with Crippen molar-refractivity contribution in [2.75, 3.05) is 0 Å². The maximum Gasteiger partial charge on any atom is 0.0848 e. The van der Waals surface area contributed by atoms with E-state index in [1.54, 1.807) is 6.08 Å². The third kappa shape index (κ3) is 2.83. The van der Waals surface area contributed by atoms with Crippen LogP contribution >= 0.6 is 11.6 Å². The molecule has 1 unspecified atom stereocenters. The van der Waals surface area contributed by atoms with Crippen LogP contribution in [-0.2, 0) is 13.0 Å². The van der Waals surface area contributed by atoms with E-state index in [0.717, 1.165) is 17.9 Å². The Balaban J connectivity index is 2.87. The lowest BCUT2D eigenvalue weighted by Crippen LogP contribution is -2.13. The number of aromatic nitrogens is 2. The first-order valence-corrected chi connectivity index (χ1v) is 5.48. The molecule has 0 saturated carbocycles. The molecule has 0 aliphatic rings. The van der Waals surface area contributed by atoms with Crippen LogP contribution in [0, 0.1) is 6.92 Å². The van der Waals surface area contributed by atoms with Gasteiger partial charge in [-0.3, -0.25) is 4.68 Å². The molecule has 0 saturated heterocycles. The summed E-state index contributed by atoms with van der Waals surface area (Å²) in [6.45, 7) is 8.24.